The predicted molar refractivity (Wildman–Crippen MR) is 89.2 cm³/mol. The summed E-state index contributed by atoms with van der Waals surface area (Å²) in [7, 11) is 0. The highest BCUT2D eigenvalue weighted by Gasteiger charge is 2.28. The Morgan fingerprint density at radius 2 is 2.05 bits per heavy atom. The van der Waals surface area contributed by atoms with Crippen molar-refractivity contribution in [3.63, 3.8) is 0 Å². The van der Waals surface area contributed by atoms with Gasteiger partial charge >= 0.3 is 0 Å². The van der Waals surface area contributed by atoms with Crippen LogP contribution in [-0.4, -0.2) is 29.1 Å². The maximum Gasteiger partial charge on any atom is 0.124 e. The first kappa shape index (κ1) is 13.4. The van der Waals surface area contributed by atoms with Gasteiger partial charge in [0.15, 0.2) is 0 Å². The average molecular weight is 292 g/mol. The highest BCUT2D eigenvalue weighted by molar-refractivity contribution is 5.79. The molecule has 3 aromatic rings. The summed E-state index contributed by atoms with van der Waals surface area (Å²) in [5.41, 5.74) is 3.81. The van der Waals surface area contributed by atoms with Gasteiger partial charge in [-0.2, -0.15) is 0 Å². The van der Waals surface area contributed by atoms with Crippen LogP contribution in [0.3, 0.4) is 0 Å². The minimum atomic E-state index is 0.317. The van der Waals surface area contributed by atoms with Gasteiger partial charge in [-0.15, -0.1) is 0 Å². The monoisotopic (exact) mass is 292 g/mol. The van der Waals surface area contributed by atoms with Crippen LogP contribution in [0.15, 0.2) is 54.7 Å². The van der Waals surface area contributed by atoms with Gasteiger partial charge in [-0.25, -0.2) is 0 Å². The van der Waals surface area contributed by atoms with Crippen molar-refractivity contribution in [3.8, 4) is 5.75 Å². The van der Waals surface area contributed by atoms with Crippen molar-refractivity contribution in [2.24, 2.45) is 0 Å². The van der Waals surface area contributed by atoms with Crippen LogP contribution in [0.25, 0.3) is 10.9 Å². The summed E-state index contributed by atoms with van der Waals surface area (Å²) >= 11 is 0. The fraction of sp³-hybridized carbons (Fsp3) is 0.263. The van der Waals surface area contributed by atoms with Crippen LogP contribution in [0, 0.1) is 6.92 Å². The van der Waals surface area contributed by atoms with Crippen LogP contribution >= 0.6 is 0 Å². The standard InChI is InChI=1S/C19H20N2O/c1-14-3-2-4-17(9-14)22-18-12-21(13-18)11-15-5-6-19-16(10-15)7-8-20-19/h2-10,18,20H,11-13H2,1H3. The second-order valence-corrected chi connectivity index (χ2v) is 6.15. The molecule has 0 radical (unpaired) electrons. The van der Waals surface area contributed by atoms with Crippen molar-refractivity contribution in [2.75, 3.05) is 13.1 Å². The van der Waals surface area contributed by atoms with Crippen LogP contribution in [0.5, 0.6) is 5.75 Å². The molecule has 1 fully saturated rings. The summed E-state index contributed by atoms with van der Waals surface area (Å²) < 4.78 is 6.01. The van der Waals surface area contributed by atoms with Crippen molar-refractivity contribution < 1.29 is 4.74 Å². The number of rotatable bonds is 4. The Labute approximate surface area is 130 Å². The van der Waals surface area contributed by atoms with Crippen LogP contribution in [0.1, 0.15) is 11.1 Å². The lowest BCUT2D eigenvalue weighted by Crippen LogP contribution is -2.53. The van der Waals surface area contributed by atoms with E-state index in [-0.39, 0.29) is 0 Å². The molecule has 0 unspecified atom stereocenters. The smallest absolute Gasteiger partial charge is 0.124 e. The number of aryl methyl sites for hydroxylation is 1. The van der Waals surface area contributed by atoms with Crippen molar-refractivity contribution in [2.45, 2.75) is 19.6 Å². The summed E-state index contributed by atoms with van der Waals surface area (Å²) in [5, 5.41) is 1.28. The highest BCUT2D eigenvalue weighted by atomic mass is 16.5. The zero-order chi connectivity index (χ0) is 14.9. The molecular weight excluding hydrogens is 272 g/mol. The largest absolute Gasteiger partial charge is 0.488 e. The highest BCUT2D eigenvalue weighted by Crippen LogP contribution is 2.22. The fourth-order valence-corrected chi connectivity index (χ4v) is 3.07. The molecule has 3 heteroatoms. The molecule has 0 aliphatic carbocycles. The number of ether oxygens (including phenoxy) is 1. The van der Waals surface area contributed by atoms with Crippen molar-refractivity contribution in [1.82, 2.24) is 9.88 Å². The van der Waals surface area contributed by atoms with Gasteiger partial charge in [-0.1, -0.05) is 18.2 Å². The number of hydrogen-bond acceptors (Lipinski definition) is 2. The predicted octanol–water partition coefficient (Wildman–Crippen LogP) is 3.74. The van der Waals surface area contributed by atoms with Gasteiger partial charge in [0.1, 0.15) is 11.9 Å². The maximum absolute atomic E-state index is 6.01. The number of fused-ring (bicyclic) bond motifs is 1. The molecule has 0 bridgehead atoms. The first-order valence-electron chi connectivity index (χ1n) is 7.78. The lowest BCUT2D eigenvalue weighted by molar-refractivity contribution is 0.0146. The van der Waals surface area contributed by atoms with Gasteiger partial charge in [0.05, 0.1) is 0 Å². The number of aromatic amines is 1. The van der Waals surface area contributed by atoms with E-state index >= 15 is 0 Å². The molecule has 1 aliphatic heterocycles. The van der Waals surface area contributed by atoms with E-state index in [9.17, 15) is 0 Å². The van der Waals surface area contributed by atoms with Crippen LogP contribution in [-0.2, 0) is 6.54 Å². The number of likely N-dealkylation sites (tertiary alicyclic amines) is 1. The summed E-state index contributed by atoms with van der Waals surface area (Å²) in [6.07, 6.45) is 2.31. The summed E-state index contributed by atoms with van der Waals surface area (Å²) in [5.74, 6) is 0.985. The molecule has 0 atom stereocenters. The van der Waals surface area contributed by atoms with Crippen molar-refractivity contribution in [3.05, 3.63) is 65.9 Å². The van der Waals surface area contributed by atoms with Crippen molar-refractivity contribution >= 4 is 10.9 Å². The summed E-state index contributed by atoms with van der Waals surface area (Å²) in [6.45, 7) is 5.09. The number of benzene rings is 2. The molecule has 112 valence electrons. The quantitative estimate of drug-likeness (QED) is 0.793. The Morgan fingerprint density at radius 3 is 2.91 bits per heavy atom. The topological polar surface area (TPSA) is 28.3 Å². The molecule has 0 spiro atoms. The zero-order valence-electron chi connectivity index (χ0n) is 12.8. The van der Waals surface area contributed by atoms with Crippen LogP contribution < -0.4 is 4.74 Å². The molecule has 4 rings (SSSR count). The van der Waals surface area contributed by atoms with Gasteiger partial charge in [0.2, 0.25) is 0 Å². The molecule has 2 aromatic carbocycles. The van der Waals surface area contributed by atoms with E-state index in [4.69, 9.17) is 4.74 Å². The van der Waals surface area contributed by atoms with Gasteiger partial charge in [-0.05, 0) is 53.8 Å². The fourth-order valence-electron chi connectivity index (χ4n) is 3.07. The van der Waals surface area contributed by atoms with E-state index in [0.29, 0.717) is 6.10 Å². The molecule has 22 heavy (non-hydrogen) atoms. The lowest BCUT2D eigenvalue weighted by Gasteiger charge is -2.39. The van der Waals surface area contributed by atoms with Gasteiger partial charge in [-0.3, -0.25) is 4.90 Å². The first-order chi connectivity index (χ1) is 10.8. The first-order valence-corrected chi connectivity index (χ1v) is 7.78. The van der Waals surface area contributed by atoms with E-state index in [2.05, 4.69) is 53.2 Å². The maximum atomic E-state index is 6.01. The van der Waals surface area contributed by atoms with E-state index in [1.807, 2.05) is 18.3 Å². The third kappa shape index (κ3) is 2.72. The second kappa shape index (κ2) is 5.50. The van der Waals surface area contributed by atoms with Gasteiger partial charge < -0.3 is 9.72 Å². The van der Waals surface area contributed by atoms with E-state index < -0.39 is 0 Å². The zero-order valence-corrected chi connectivity index (χ0v) is 12.8. The molecule has 2 heterocycles. The number of nitrogens with one attached hydrogen (secondary N) is 1. The Morgan fingerprint density at radius 1 is 1.14 bits per heavy atom. The van der Waals surface area contributed by atoms with Gasteiger partial charge in [0, 0.05) is 31.3 Å². The molecule has 1 aliphatic rings. The van der Waals surface area contributed by atoms with Crippen LogP contribution in [0.2, 0.25) is 0 Å². The number of H-pyrrole nitrogens is 1. The Hall–Kier alpha value is -2.26. The minimum Gasteiger partial charge on any atom is -0.488 e. The Bertz CT molecular complexity index is 787. The van der Waals surface area contributed by atoms with E-state index in [1.165, 1.54) is 22.0 Å². The van der Waals surface area contributed by atoms with E-state index in [0.717, 1.165) is 25.4 Å². The van der Waals surface area contributed by atoms with E-state index in [1.54, 1.807) is 0 Å². The molecule has 0 amide bonds. The normalized spacial score (nSPS) is 15.9. The Balaban J connectivity index is 1.33. The molecule has 0 saturated carbocycles. The average Bonchev–Trinajstić information content (AvgIpc) is 2.92. The molecule has 3 nitrogen and oxygen atoms in total. The Kier molecular flexibility index (Phi) is 3.35. The third-order valence-electron chi connectivity index (χ3n) is 4.24. The molecule has 1 aromatic heterocycles. The summed E-state index contributed by atoms with van der Waals surface area (Å²) in [6, 6.07) is 17.0. The summed E-state index contributed by atoms with van der Waals surface area (Å²) in [4.78, 5) is 5.66. The molecule has 1 N–H and O–H groups in total. The molecule has 1 saturated heterocycles. The number of aromatic nitrogens is 1. The number of nitrogens with zero attached hydrogens (tertiary/aromatic N) is 1. The van der Waals surface area contributed by atoms with Crippen molar-refractivity contribution in [1.29, 1.82) is 0 Å². The second-order valence-electron chi connectivity index (χ2n) is 6.15. The molecular formula is C19H20N2O. The number of hydrogen-bond donors (Lipinski definition) is 1. The van der Waals surface area contributed by atoms with Gasteiger partial charge in [0.25, 0.3) is 0 Å². The SMILES string of the molecule is Cc1cccc(OC2CN(Cc3ccc4[nH]ccc4c3)C2)c1. The minimum absolute atomic E-state index is 0.317. The lowest BCUT2D eigenvalue weighted by atomic mass is 10.1. The van der Waals surface area contributed by atoms with Crippen LogP contribution in [0.4, 0.5) is 0 Å². The third-order valence-corrected chi connectivity index (χ3v) is 4.24.